The summed E-state index contributed by atoms with van der Waals surface area (Å²) in [6.07, 6.45) is 6.50. The topological polar surface area (TPSA) is 57.5 Å². The molecule has 24 heavy (non-hydrogen) atoms. The highest BCUT2D eigenvalue weighted by Crippen LogP contribution is 2.78. The summed E-state index contributed by atoms with van der Waals surface area (Å²) < 4.78 is 0. The van der Waals surface area contributed by atoms with Crippen LogP contribution >= 0.6 is 0 Å². The second kappa shape index (κ2) is 3.96. The van der Waals surface area contributed by atoms with Crippen molar-refractivity contribution >= 4 is 5.78 Å². The fourth-order valence-corrected chi connectivity index (χ4v) is 8.83. The zero-order valence-electron chi connectivity index (χ0n) is 14.9. The number of carbonyl (C=O) groups excluding carboxylic acids is 1. The Labute approximate surface area is 144 Å². The van der Waals surface area contributed by atoms with Crippen molar-refractivity contribution in [2.45, 2.75) is 70.5 Å². The maximum absolute atomic E-state index is 12.9. The smallest absolute Gasteiger partial charge is 0.142 e. The number of carbonyl (C=O) groups is 1. The third-order valence-electron chi connectivity index (χ3n) is 10.1. The molecule has 6 rings (SSSR count). The number of aliphatic hydroxyl groups is 2. The molecule has 6 saturated carbocycles. The summed E-state index contributed by atoms with van der Waals surface area (Å²) >= 11 is 0. The molecule has 3 nitrogen and oxygen atoms in total. The van der Waals surface area contributed by atoms with Crippen molar-refractivity contribution < 1.29 is 15.0 Å². The average Bonchev–Trinajstić information content (AvgIpc) is 3.41. The molecule has 3 heteroatoms. The van der Waals surface area contributed by atoms with Crippen LogP contribution < -0.4 is 0 Å². The number of aliphatic hydroxyl groups excluding tert-OH is 1. The number of fused-ring (bicyclic) bond motifs is 10. The van der Waals surface area contributed by atoms with Gasteiger partial charge in [-0.25, -0.2) is 0 Å². The van der Waals surface area contributed by atoms with E-state index >= 15 is 0 Å². The molecule has 0 amide bonds. The number of Topliss-reactive ketones (excluding diaryl/α,β-unsaturated/α-hetero) is 1. The fraction of sp³-hybridized carbons (Fsp3) is 0.952. The van der Waals surface area contributed by atoms with E-state index in [1.807, 2.05) is 0 Å². The molecule has 0 aromatic rings. The molecule has 6 fully saturated rings. The van der Waals surface area contributed by atoms with Crippen LogP contribution in [0.1, 0.15) is 58.8 Å². The van der Waals surface area contributed by atoms with Crippen molar-refractivity contribution in [2.24, 2.45) is 52.3 Å². The first kappa shape index (κ1) is 14.7. The highest BCUT2D eigenvalue weighted by Gasteiger charge is 2.78. The SMILES string of the molecule is C[C@]12CCC3C(C1[C@@H]1C[C@@H]1C2=O)[C@H]1C[C@H]1[C@]1(O)CC(O)CC[C@]31C. The first-order chi connectivity index (χ1) is 11.3. The lowest BCUT2D eigenvalue weighted by molar-refractivity contribution is -0.225. The molecule has 0 aromatic carbocycles. The van der Waals surface area contributed by atoms with Gasteiger partial charge in [0.15, 0.2) is 0 Å². The first-order valence-corrected chi connectivity index (χ1v) is 10.3. The van der Waals surface area contributed by atoms with Gasteiger partial charge >= 0.3 is 0 Å². The predicted octanol–water partition coefficient (Wildman–Crippen LogP) is 2.79. The van der Waals surface area contributed by atoms with E-state index in [-0.39, 0.29) is 16.9 Å². The molecular formula is C21H30O3. The predicted molar refractivity (Wildman–Crippen MR) is 88.9 cm³/mol. The van der Waals surface area contributed by atoms with Gasteiger partial charge in [-0.3, -0.25) is 4.79 Å². The minimum absolute atomic E-state index is 0.0497. The molecule has 6 aliphatic rings. The van der Waals surface area contributed by atoms with E-state index in [1.54, 1.807) is 0 Å². The Kier molecular flexibility index (Phi) is 2.43. The van der Waals surface area contributed by atoms with Crippen molar-refractivity contribution in [3.8, 4) is 0 Å². The molecule has 0 radical (unpaired) electrons. The molecule has 2 N–H and O–H groups in total. The van der Waals surface area contributed by atoms with Crippen LogP contribution in [-0.4, -0.2) is 27.7 Å². The lowest BCUT2D eigenvalue weighted by Crippen LogP contribution is -2.64. The van der Waals surface area contributed by atoms with Crippen LogP contribution in [0, 0.1) is 52.3 Å². The Morgan fingerprint density at radius 3 is 2.62 bits per heavy atom. The monoisotopic (exact) mass is 330 g/mol. The Hall–Kier alpha value is -0.410. The van der Waals surface area contributed by atoms with E-state index in [0.717, 1.165) is 38.5 Å². The lowest BCUT2D eigenvalue weighted by Gasteiger charge is -2.63. The summed E-state index contributed by atoms with van der Waals surface area (Å²) in [6.45, 7) is 4.60. The number of rotatable bonds is 0. The molecule has 11 atom stereocenters. The van der Waals surface area contributed by atoms with Crippen LogP contribution in [0.3, 0.4) is 0 Å². The van der Waals surface area contributed by atoms with Gasteiger partial charge in [0.1, 0.15) is 5.78 Å². The van der Waals surface area contributed by atoms with E-state index in [1.165, 1.54) is 0 Å². The van der Waals surface area contributed by atoms with Gasteiger partial charge in [-0.05, 0) is 79.4 Å². The maximum Gasteiger partial charge on any atom is 0.142 e. The molecule has 6 aliphatic carbocycles. The molecule has 0 spiro atoms. The summed E-state index contributed by atoms with van der Waals surface area (Å²) in [6, 6.07) is 0. The molecular weight excluding hydrogens is 300 g/mol. The molecule has 0 saturated heterocycles. The van der Waals surface area contributed by atoms with Crippen molar-refractivity contribution in [3.05, 3.63) is 0 Å². The molecule has 4 unspecified atom stereocenters. The Balaban J connectivity index is 1.45. The molecule has 0 bridgehead atoms. The number of hydrogen-bond acceptors (Lipinski definition) is 3. The molecule has 0 aliphatic heterocycles. The van der Waals surface area contributed by atoms with Crippen LogP contribution in [0.5, 0.6) is 0 Å². The second-order valence-corrected chi connectivity index (χ2v) is 10.8. The number of ketones is 1. The zero-order valence-corrected chi connectivity index (χ0v) is 14.9. The van der Waals surface area contributed by atoms with Crippen molar-refractivity contribution in [3.63, 3.8) is 0 Å². The zero-order chi connectivity index (χ0) is 16.6. The first-order valence-electron chi connectivity index (χ1n) is 10.3. The van der Waals surface area contributed by atoms with E-state index in [2.05, 4.69) is 13.8 Å². The summed E-state index contributed by atoms with van der Waals surface area (Å²) in [5, 5.41) is 21.9. The molecule has 0 aromatic heterocycles. The minimum Gasteiger partial charge on any atom is -0.393 e. The van der Waals surface area contributed by atoms with Gasteiger partial charge in [-0.1, -0.05) is 13.8 Å². The Morgan fingerprint density at radius 1 is 1.04 bits per heavy atom. The normalized spacial score (nSPS) is 69.1. The van der Waals surface area contributed by atoms with E-state index < -0.39 is 5.60 Å². The third-order valence-corrected chi connectivity index (χ3v) is 10.1. The minimum atomic E-state index is -0.657. The third kappa shape index (κ3) is 1.37. The summed E-state index contributed by atoms with van der Waals surface area (Å²) in [5.41, 5.74) is -0.760. The van der Waals surface area contributed by atoms with Crippen LogP contribution in [-0.2, 0) is 4.79 Å². The van der Waals surface area contributed by atoms with Crippen molar-refractivity contribution in [1.82, 2.24) is 0 Å². The van der Waals surface area contributed by atoms with Crippen LogP contribution in [0.25, 0.3) is 0 Å². The summed E-state index contributed by atoms with van der Waals surface area (Å²) in [7, 11) is 0. The van der Waals surface area contributed by atoms with Crippen molar-refractivity contribution in [2.75, 3.05) is 0 Å². The van der Waals surface area contributed by atoms with Crippen molar-refractivity contribution in [1.29, 1.82) is 0 Å². The second-order valence-electron chi connectivity index (χ2n) is 10.8. The molecule has 0 heterocycles. The van der Waals surface area contributed by atoms with Crippen LogP contribution in [0.15, 0.2) is 0 Å². The van der Waals surface area contributed by atoms with E-state index in [4.69, 9.17) is 0 Å². The Morgan fingerprint density at radius 2 is 1.83 bits per heavy atom. The highest BCUT2D eigenvalue weighted by molar-refractivity contribution is 5.92. The van der Waals surface area contributed by atoms with Gasteiger partial charge in [-0.2, -0.15) is 0 Å². The maximum atomic E-state index is 12.9. The fourth-order valence-electron chi connectivity index (χ4n) is 8.83. The summed E-state index contributed by atoms with van der Waals surface area (Å²) in [5.74, 6) is 4.46. The van der Waals surface area contributed by atoms with Gasteiger partial charge in [0.2, 0.25) is 0 Å². The largest absolute Gasteiger partial charge is 0.393 e. The van der Waals surface area contributed by atoms with Gasteiger partial charge in [-0.15, -0.1) is 0 Å². The van der Waals surface area contributed by atoms with Crippen LogP contribution in [0.2, 0.25) is 0 Å². The van der Waals surface area contributed by atoms with Gasteiger partial charge in [0.25, 0.3) is 0 Å². The average molecular weight is 330 g/mol. The summed E-state index contributed by atoms with van der Waals surface area (Å²) in [4.78, 5) is 12.9. The van der Waals surface area contributed by atoms with Crippen LogP contribution in [0.4, 0.5) is 0 Å². The van der Waals surface area contributed by atoms with E-state index in [9.17, 15) is 15.0 Å². The van der Waals surface area contributed by atoms with Gasteiger partial charge in [0, 0.05) is 17.8 Å². The van der Waals surface area contributed by atoms with Gasteiger partial charge in [0.05, 0.1) is 11.7 Å². The standard InChI is InChI=1S/C21H30O3/c1-19-5-4-14-16(17(19)11-7-12(11)18(19)23)13-8-15(13)21(24)9-10(22)3-6-20(14,21)2/h10-17,22,24H,3-9H2,1-2H3/t10?,11-,12+,13+,14?,15-,16?,17?,19+,20-,21-/m1/s1. The Bertz CT molecular complexity index is 645. The van der Waals surface area contributed by atoms with Gasteiger partial charge < -0.3 is 10.2 Å². The highest BCUT2D eigenvalue weighted by atomic mass is 16.3. The molecule has 132 valence electrons. The quantitative estimate of drug-likeness (QED) is 0.718. The van der Waals surface area contributed by atoms with E-state index in [0.29, 0.717) is 53.6 Å². The number of hydrogen-bond donors (Lipinski definition) is 2. The lowest BCUT2D eigenvalue weighted by atomic mass is 9.43.